The highest BCUT2D eigenvalue weighted by Gasteiger charge is 2.38. The number of phenols is 1. The lowest BCUT2D eigenvalue weighted by atomic mass is 10.0. The SMILES string of the molecule is CC(C)CC(NC(=O)C1CCCN1C(=O)C(N)Cc1ccc(O)cc1)C(=O)NC(CCCCN)C(=O)O. The maximum absolute atomic E-state index is 13.2. The maximum atomic E-state index is 13.2. The predicted molar refractivity (Wildman–Crippen MR) is 138 cm³/mol. The fourth-order valence-electron chi connectivity index (χ4n) is 4.48. The number of phenolic OH excluding ortho intramolecular Hbond substituents is 1. The van der Waals surface area contributed by atoms with Crippen LogP contribution in [0.3, 0.4) is 0 Å². The highest BCUT2D eigenvalue weighted by molar-refractivity contribution is 5.94. The standard InChI is InChI=1S/C26H41N5O6/c1-16(2)14-21(23(33)29-20(26(36)37)6-3-4-12-27)30-24(34)22-7-5-13-31(22)25(35)19(28)15-17-8-10-18(32)11-9-17/h8-11,16,19-22,32H,3-7,12-15,27-28H2,1-2H3,(H,29,33)(H,30,34)(H,36,37). The third-order valence-corrected chi connectivity index (χ3v) is 6.45. The molecule has 0 aromatic heterocycles. The summed E-state index contributed by atoms with van der Waals surface area (Å²) in [5, 5.41) is 24.3. The molecule has 1 aliphatic heterocycles. The summed E-state index contributed by atoms with van der Waals surface area (Å²) in [4.78, 5) is 52.4. The number of amides is 3. The molecule has 11 heteroatoms. The van der Waals surface area contributed by atoms with Crippen LogP contribution >= 0.6 is 0 Å². The minimum Gasteiger partial charge on any atom is -0.508 e. The van der Waals surface area contributed by atoms with Gasteiger partial charge in [0.15, 0.2) is 0 Å². The molecule has 0 bridgehead atoms. The molecule has 1 fully saturated rings. The van der Waals surface area contributed by atoms with Crippen LogP contribution in [0.15, 0.2) is 24.3 Å². The summed E-state index contributed by atoms with van der Waals surface area (Å²) in [7, 11) is 0. The summed E-state index contributed by atoms with van der Waals surface area (Å²) < 4.78 is 0. The predicted octanol–water partition coefficient (Wildman–Crippen LogP) is 0.482. The topological polar surface area (TPSA) is 188 Å². The molecule has 11 nitrogen and oxygen atoms in total. The number of likely N-dealkylation sites (tertiary alicyclic amines) is 1. The Balaban J connectivity index is 2.05. The van der Waals surface area contributed by atoms with E-state index < -0.39 is 42.0 Å². The van der Waals surface area contributed by atoms with E-state index in [4.69, 9.17) is 11.5 Å². The second-order valence-corrected chi connectivity index (χ2v) is 10.0. The number of carbonyl (C=O) groups is 4. The largest absolute Gasteiger partial charge is 0.508 e. The molecule has 4 unspecified atom stereocenters. The molecular weight excluding hydrogens is 478 g/mol. The van der Waals surface area contributed by atoms with Crippen molar-refractivity contribution >= 4 is 23.7 Å². The Morgan fingerprint density at radius 2 is 1.76 bits per heavy atom. The number of carboxylic acid groups (broad SMARTS) is 1. The van der Waals surface area contributed by atoms with Crippen molar-refractivity contribution in [2.75, 3.05) is 13.1 Å². The lowest BCUT2D eigenvalue weighted by molar-refractivity contribution is -0.143. The first-order chi connectivity index (χ1) is 17.5. The molecule has 1 aromatic carbocycles. The van der Waals surface area contributed by atoms with Crippen molar-refractivity contribution in [3.8, 4) is 5.75 Å². The summed E-state index contributed by atoms with van der Waals surface area (Å²) in [6, 6.07) is 2.77. The van der Waals surface area contributed by atoms with Gasteiger partial charge in [-0.1, -0.05) is 26.0 Å². The van der Waals surface area contributed by atoms with Crippen molar-refractivity contribution in [3.05, 3.63) is 29.8 Å². The Morgan fingerprint density at radius 1 is 1.08 bits per heavy atom. The van der Waals surface area contributed by atoms with Crippen molar-refractivity contribution in [2.45, 2.75) is 83.0 Å². The summed E-state index contributed by atoms with van der Waals surface area (Å²) in [6.07, 6.45) is 3.07. The molecule has 1 aliphatic rings. The van der Waals surface area contributed by atoms with Gasteiger partial charge in [0.05, 0.1) is 6.04 Å². The van der Waals surface area contributed by atoms with Crippen molar-refractivity contribution in [1.82, 2.24) is 15.5 Å². The van der Waals surface area contributed by atoms with E-state index in [1.54, 1.807) is 12.1 Å². The number of unbranched alkanes of at least 4 members (excludes halogenated alkanes) is 1. The average molecular weight is 520 g/mol. The minimum atomic E-state index is -1.14. The van der Waals surface area contributed by atoms with Crippen LogP contribution in [0.5, 0.6) is 5.75 Å². The van der Waals surface area contributed by atoms with Gasteiger partial charge in [-0.2, -0.15) is 0 Å². The molecule has 1 aromatic rings. The van der Waals surface area contributed by atoms with Crippen molar-refractivity contribution in [3.63, 3.8) is 0 Å². The monoisotopic (exact) mass is 519 g/mol. The zero-order valence-electron chi connectivity index (χ0n) is 21.7. The van der Waals surface area contributed by atoms with Gasteiger partial charge in [-0.15, -0.1) is 0 Å². The zero-order chi connectivity index (χ0) is 27.5. The highest BCUT2D eigenvalue weighted by atomic mass is 16.4. The third kappa shape index (κ3) is 9.32. The van der Waals surface area contributed by atoms with Crippen LogP contribution in [0.25, 0.3) is 0 Å². The number of rotatable bonds is 14. The Hall–Kier alpha value is -3.18. The number of nitrogens with zero attached hydrogens (tertiary/aromatic N) is 1. The Bertz CT molecular complexity index is 923. The molecule has 3 amide bonds. The fraction of sp³-hybridized carbons (Fsp3) is 0.615. The molecule has 8 N–H and O–H groups in total. The Morgan fingerprint density at radius 3 is 2.35 bits per heavy atom. The highest BCUT2D eigenvalue weighted by Crippen LogP contribution is 2.20. The van der Waals surface area contributed by atoms with E-state index in [9.17, 15) is 29.4 Å². The molecule has 37 heavy (non-hydrogen) atoms. The smallest absolute Gasteiger partial charge is 0.326 e. The lowest BCUT2D eigenvalue weighted by Gasteiger charge is -2.29. The quantitative estimate of drug-likeness (QED) is 0.191. The second-order valence-electron chi connectivity index (χ2n) is 10.0. The van der Waals surface area contributed by atoms with E-state index in [0.717, 1.165) is 5.56 Å². The number of hydrogen-bond donors (Lipinski definition) is 6. The Kier molecular flexibility index (Phi) is 11.8. The fourth-order valence-corrected chi connectivity index (χ4v) is 4.48. The van der Waals surface area contributed by atoms with Gasteiger partial charge in [-0.3, -0.25) is 14.4 Å². The van der Waals surface area contributed by atoms with E-state index in [2.05, 4.69) is 10.6 Å². The maximum Gasteiger partial charge on any atom is 0.326 e. The number of carbonyl (C=O) groups excluding carboxylic acids is 3. The van der Waals surface area contributed by atoms with Gasteiger partial charge in [0.1, 0.15) is 23.9 Å². The van der Waals surface area contributed by atoms with Crippen molar-refractivity contribution < 1.29 is 29.4 Å². The minimum absolute atomic E-state index is 0.0524. The third-order valence-electron chi connectivity index (χ3n) is 6.45. The number of benzene rings is 1. The average Bonchev–Trinajstić information content (AvgIpc) is 3.33. The van der Waals surface area contributed by atoms with E-state index in [1.165, 1.54) is 17.0 Å². The van der Waals surface area contributed by atoms with Gasteiger partial charge in [0, 0.05) is 6.54 Å². The van der Waals surface area contributed by atoms with Crippen LogP contribution < -0.4 is 22.1 Å². The van der Waals surface area contributed by atoms with Crippen LogP contribution in [0.4, 0.5) is 0 Å². The number of carboxylic acids is 1. The van der Waals surface area contributed by atoms with Crippen molar-refractivity contribution in [2.24, 2.45) is 17.4 Å². The number of aromatic hydroxyl groups is 1. The number of hydrogen-bond acceptors (Lipinski definition) is 7. The summed E-state index contributed by atoms with van der Waals surface area (Å²) in [6.45, 7) is 4.61. The van der Waals surface area contributed by atoms with E-state index in [0.29, 0.717) is 45.2 Å². The molecular formula is C26H41N5O6. The molecule has 4 atom stereocenters. The molecule has 0 saturated carbocycles. The first-order valence-electron chi connectivity index (χ1n) is 12.9. The molecule has 0 radical (unpaired) electrons. The van der Waals surface area contributed by atoms with Gasteiger partial charge in [0.25, 0.3) is 0 Å². The zero-order valence-corrected chi connectivity index (χ0v) is 21.7. The van der Waals surface area contributed by atoms with Crippen LogP contribution in [-0.4, -0.2) is 76.1 Å². The van der Waals surface area contributed by atoms with Crippen LogP contribution in [0.2, 0.25) is 0 Å². The molecule has 206 valence electrons. The molecule has 1 heterocycles. The van der Waals surface area contributed by atoms with Gasteiger partial charge < -0.3 is 37.2 Å². The van der Waals surface area contributed by atoms with E-state index in [1.807, 2.05) is 13.8 Å². The van der Waals surface area contributed by atoms with E-state index in [-0.39, 0.29) is 30.4 Å². The van der Waals surface area contributed by atoms with Crippen molar-refractivity contribution in [1.29, 1.82) is 0 Å². The summed E-state index contributed by atoms with van der Waals surface area (Å²) in [5.74, 6) is -2.36. The van der Waals surface area contributed by atoms with Gasteiger partial charge in [-0.25, -0.2) is 4.79 Å². The number of aliphatic carboxylic acids is 1. The first kappa shape index (κ1) is 30.0. The van der Waals surface area contributed by atoms with E-state index >= 15 is 0 Å². The van der Waals surface area contributed by atoms with Gasteiger partial charge in [-0.05, 0) is 75.1 Å². The van der Waals surface area contributed by atoms with Crippen LogP contribution in [0.1, 0.15) is 57.9 Å². The van der Waals surface area contributed by atoms with Crippen LogP contribution in [-0.2, 0) is 25.6 Å². The second kappa shape index (κ2) is 14.5. The molecule has 0 aliphatic carbocycles. The van der Waals surface area contributed by atoms with Crippen LogP contribution in [0, 0.1) is 5.92 Å². The summed E-state index contributed by atoms with van der Waals surface area (Å²) >= 11 is 0. The molecule has 2 rings (SSSR count). The molecule has 1 saturated heterocycles. The van der Waals surface area contributed by atoms with Gasteiger partial charge in [0.2, 0.25) is 17.7 Å². The number of nitrogens with two attached hydrogens (primary N) is 2. The summed E-state index contributed by atoms with van der Waals surface area (Å²) in [5.41, 5.74) is 12.4. The molecule has 0 spiro atoms. The lowest BCUT2D eigenvalue weighted by Crippen LogP contribution is -2.57. The first-order valence-corrected chi connectivity index (χ1v) is 12.9. The normalized spacial score (nSPS) is 17.8. The Labute approximate surface area is 217 Å². The number of nitrogens with one attached hydrogen (secondary N) is 2. The van der Waals surface area contributed by atoms with Gasteiger partial charge >= 0.3 is 5.97 Å².